The molecular formula is C19H28N2O5. The number of esters is 1. The third-order valence-corrected chi connectivity index (χ3v) is 4.83. The highest BCUT2D eigenvalue weighted by Crippen LogP contribution is 2.21. The van der Waals surface area contributed by atoms with Crippen LogP contribution in [0.25, 0.3) is 0 Å². The van der Waals surface area contributed by atoms with Gasteiger partial charge in [0.2, 0.25) is 0 Å². The van der Waals surface area contributed by atoms with Gasteiger partial charge in [-0.3, -0.25) is 14.5 Å². The second-order valence-corrected chi connectivity index (χ2v) is 6.83. The Balaban J connectivity index is 2.08. The summed E-state index contributed by atoms with van der Waals surface area (Å²) in [5, 5.41) is 0. The van der Waals surface area contributed by atoms with Crippen LogP contribution < -0.4 is 5.63 Å². The lowest BCUT2D eigenvalue weighted by Gasteiger charge is -2.34. The van der Waals surface area contributed by atoms with Crippen molar-refractivity contribution in [3.63, 3.8) is 0 Å². The van der Waals surface area contributed by atoms with Crippen molar-refractivity contribution < 1.29 is 18.7 Å². The summed E-state index contributed by atoms with van der Waals surface area (Å²) in [6.07, 6.45) is 1.93. The van der Waals surface area contributed by atoms with Gasteiger partial charge in [0.1, 0.15) is 11.3 Å². The molecule has 0 aromatic carbocycles. The zero-order valence-corrected chi connectivity index (χ0v) is 16.0. The number of ether oxygens (including phenoxy) is 1. The molecule has 0 N–H and O–H groups in total. The molecule has 7 nitrogen and oxygen atoms in total. The molecule has 0 radical (unpaired) electrons. The van der Waals surface area contributed by atoms with Crippen LogP contribution in [-0.2, 0) is 9.53 Å². The molecule has 144 valence electrons. The van der Waals surface area contributed by atoms with Gasteiger partial charge in [0.15, 0.2) is 0 Å². The molecule has 0 spiro atoms. The summed E-state index contributed by atoms with van der Waals surface area (Å²) in [5.74, 6) is 0.188. The lowest BCUT2D eigenvalue weighted by molar-refractivity contribution is -0.142. The number of aryl methyl sites for hydroxylation is 1. The van der Waals surface area contributed by atoms with Crippen LogP contribution in [-0.4, -0.2) is 61.5 Å². The fourth-order valence-corrected chi connectivity index (χ4v) is 3.22. The van der Waals surface area contributed by atoms with Crippen LogP contribution in [0, 0.1) is 6.92 Å². The molecule has 2 heterocycles. The largest absolute Gasteiger partial charge is 0.468 e. The van der Waals surface area contributed by atoms with Crippen molar-refractivity contribution in [1.29, 1.82) is 0 Å². The van der Waals surface area contributed by atoms with Crippen LogP contribution in [0.5, 0.6) is 0 Å². The smallest absolute Gasteiger partial charge is 0.349 e. The molecule has 2 rings (SSSR count). The first kappa shape index (κ1) is 20.2. The first-order valence-corrected chi connectivity index (χ1v) is 9.10. The average Bonchev–Trinajstić information content (AvgIpc) is 2.61. The lowest BCUT2D eigenvalue weighted by atomic mass is 10.00. The van der Waals surface area contributed by atoms with Gasteiger partial charge in [-0.05, 0) is 25.0 Å². The van der Waals surface area contributed by atoms with Crippen molar-refractivity contribution in [1.82, 2.24) is 9.80 Å². The number of hydrogen-bond acceptors (Lipinski definition) is 6. The zero-order valence-electron chi connectivity index (χ0n) is 16.0. The fourth-order valence-electron chi connectivity index (χ4n) is 3.22. The van der Waals surface area contributed by atoms with E-state index in [1.54, 1.807) is 11.8 Å². The second-order valence-electron chi connectivity index (χ2n) is 6.83. The van der Waals surface area contributed by atoms with Crippen molar-refractivity contribution >= 4 is 11.9 Å². The number of hydrogen-bond donors (Lipinski definition) is 0. The van der Waals surface area contributed by atoms with Crippen molar-refractivity contribution in [2.24, 2.45) is 0 Å². The molecule has 1 aliphatic rings. The van der Waals surface area contributed by atoms with Crippen molar-refractivity contribution in [2.45, 2.75) is 39.5 Å². The minimum atomic E-state index is -0.565. The highest BCUT2D eigenvalue weighted by Gasteiger charge is 2.27. The Hall–Kier alpha value is -2.15. The number of piperazine rings is 1. The van der Waals surface area contributed by atoms with E-state index in [0.29, 0.717) is 37.5 Å². The molecular weight excluding hydrogens is 336 g/mol. The number of carbonyl (C=O) groups excluding carboxylic acids is 2. The molecule has 0 bridgehead atoms. The monoisotopic (exact) mass is 364 g/mol. The van der Waals surface area contributed by atoms with Crippen LogP contribution in [0.1, 0.15) is 54.3 Å². The number of methoxy groups -OCH3 is 1. The topological polar surface area (TPSA) is 80.1 Å². The normalized spacial score (nSPS) is 16.4. The van der Waals surface area contributed by atoms with E-state index >= 15 is 0 Å². The lowest BCUT2D eigenvalue weighted by Crippen LogP contribution is -2.50. The van der Waals surface area contributed by atoms with Gasteiger partial charge >= 0.3 is 11.6 Å². The van der Waals surface area contributed by atoms with Crippen LogP contribution in [0.3, 0.4) is 0 Å². The fraction of sp³-hybridized carbons (Fsp3) is 0.632. The summed E-state index contributed by atoms with van der Waals surface area (Å²) >= 11 is 0. The summed E-state index contributed by atoms with van der Waals surface area (Å²) in [4.78, 5) is 40.1. The molecule has 0 saturated carbocycles. The van der Waals surface area contributed by atoms with E-state index in [1.807, 2.05) is 17.9 Å². The van der Waals surface area contributed by atoms with Gasteiger partial charge in [-0.25, -0.2) is 4.79 Å². The van der Waals surface area contributed by atoms with Crippen LogP contribution in [0.4, 0.5) is 0 Å². The molecule has 1 aromatic rings. The summed E-state index contributed by atoms with van der Waals surface area (Å²) in [6, 6.07) is 1.81. The molecule has 0 aliphatic carbocycles. The van der Waals surface area contributed by atoms with Crippen molar-refractivity contribution in [2.75, 3.05) is 39.8 Å². The highest BCUT2D eigenvalue weighted by molar-refractivity contribution is 5.95. The summed E-state index contributed by atoms with van der Waals surface area (Å²) in [5.41, 5.74) is 0.199. The average molecular weight is 364 g/mol. The van der Waals surface area contributed by atoms with Gasteiger partial charge in [-0.15, -0.1) is 0 Å². The Kier molecular flexibility index (Phi) is 6.97. The highest BCUT2D eigenvalue weighted by atomic mass is 16.5. The van der Waals surface area contributed by atoms with E-state index in [2.05, 4.69) is 11.7 Å². The molecule has 1 aliphatic heterocycles. The predicted octanol–water partition coefficient (Wildman–Crippen LogP) is 1.78. The minimum Gasteiger partial charge on any atom is -0.468 e. The van der Waals surface area contributed by atoms with Gasteiger partial charge < -0.3 is 14.1 Å². The molecule has 1 aromatic heterocycles. The van der Waals surface area contributed by atoms with E-state index in [1.165, 1.54) is 7.11 Å². The van der Waals surface area contributed by atoms with Gasteiger partial charge in [-0.2, -0.15) is 0 Å². The maximum Gasteiger partial charge on any atom is 0.349 e. The molecule has 1 atom stereocenters. The van der Waals surface area contributed by atoms with Crippen molar-refractivity contribution in [3.05, 3.63) is 33.4 Å². The number of amides is 1. The molecule has 1 unspecified atom stereocenters. The summed E-state index contributed by atoms with van der Waals surface area (Å²) in [6.45, 7) is 8.14. The van der Waals surface area contributed by atoms with Gasteiger partial charge in [0.05, 0.1) is 13.7 Å². The van der Waals surface area contributed by atoms with E-state index in [0.717, 1.165) is 12.8 Å². The molecule has 1 amide bonds. The maximum absolute atomic E-state index is 12.8. The van der Waals surface area contributed by atoms with Crippen LogP contribution in [0.15, 0.2) is 15.3 Å². The maximum atomic E-state index is 12.8. The first-order valence-electron chi connectivity index (χ1n) is 9.10. The molecule has 1 saturated heterocycles. The predicted molar refractivity (Wildman–Crippen MR) is 97.4 cm³/mol. The Morgan fingerprint density at radius 3 is 2.46 bits per heavy atom. The minimum absolute atomic E-state index is 0.110. The Bertz CT molecular complexity index is 704. The second kappa shape index (κ2) is 8.98. The number of rotatable bonds is 6. The van der Waals surface area contributed by atoms with Gasteiger partial charge in [0, 0.05) is 32.1 Å². The Morgan fingerprint density at radius 1 is 1.27 bits per heavy atom. The van der Waals surface area contributed by atoms with Crippen molar-refractivity contribution in [3.8, 4) is 0 Å². The van der Waals surface area contributed by atoms with E-state index in [9.17, 15) is 14.4 Å². The molecule has 7 heteroatoms. The molecule has 26 heavy (non-hydrogen) atoms. The van der Waals surface area contributed by atoms with E-state index in [4.69, 9.17) is 4.42 Å². The third kappa shape index (κ3) is 4.72. The first-order chi connectivity index (χ1) is 12.4. The zero-order chi connectivity index (χ0) is 19.3. The van der Waals surface area contributed by atoms with Crippen LogP contribution >= 0.6 is 0 Å². The third-order valence-electron chi connectivity index (χ3n) is 4.83. The number of carbonyl (C=O) groups is 2. The van der Waals surface area contributed by atoms with Gasteiger partial charge in [-0.1, -0.05) is 20.3 Å². The Labute approximate surface area is 153 Å². The Morgan fingerprint density at radius 2 is 1.92 bits per heavy atom. The van der Waals surface area contributed by atoms with E-state index in [-0.39, 0.29) is 29.9 Å². The number of nitrogens with zero attached hydrogens (tertiary/aromatic N) is 2. The summed E-state index contributed by atoms with van der Waals surface area (Å²) in [7, 11) is 1.36. The van der Waals surface area contributed by atoms with Crippen LogP contribution in [0.2, 0.25) is 0 Å². The quantitative estimate of drug-likeness (QED) is 0.716. The SMILES string of the molecule is CCCC(C)c1cc(C)c(C(=O)N2CCN(CC(=O)OC)CC2)c(=O)o1. The summed E-state index contributed by atoms with van der Waals surface area (Å²) < 4.78 is 10.1. The van der Waals surface area contributed by atoms with Gasteiger partial charge in [0.25, 0.3) is 5.91 Å². The molecule has 1 fully saturated rings. The standard InChI is InChI=1S/C19H28N2O5/c1-5-6-13(2)15-11-14(3)17(19(24)26-15)18(23)21-9-7-20(8-10-21)12-16(22)25-4/h11,13H,5-10,12H2,1-4H3. The van der Waals surface area contributed by atoms with E-state index < -0.39 is 5.63 Å².